The molecular formula is C31H40N4O5. The Morgan fingerprint density at radius 1 is 1.00 bits per heavy atom. The van der Waals surface area contributed by atoms with Crippen molar-refractivity contribution in [3.63, 3.8) is 0 Å². The van der Waals surface area contributed by atoms with Crippen LogP contribution < -0.4 is 14.8 Å². The van der Waals surface area contributed by atoms with E-state index >= 15 is 0 Å². The van der Waals surface area contributed by atoms with Crippen molar-refractivity contribution in [2.45, 2.75) is 65.9 Å². The molecule has 0 spiro atoms. The van der Waals surface area contributed by atoms with Gasteiger partial charge in [0.25, 0.3) is 5.91 Å². The van der Waals surface area contributed by atoms with Crippen LogP contribution in [0.3, 0.4) is 0 Å². The predicted octanol–water partition coefficient (Wildman–Crippen LogP) is 6.34. The third-order valence-corrected chi connectivity index (χ3v) is 6.67. The highest BCUT2D eigenvalue weighted by Crippen LogP contribution is 2.35. The number of aromatic nitrogens is 2. The summed E-state index contributed by atoms with van der Waals surface area (Å²) in [6, 6.07) is 13.5. The summed E-state index contributed by atoms with van der Waals surface area (Å²) in [5.41, 5.74) is 3.31. The van der Waals surface area contributed by atoms with Crippen LogP contribution in [0.5, 0.6) is 11.5 Å². The van der Waals surface area contributed by atoms with E-state index in [0.717, 1.165) is 16.9 Å². The van der Waals surface area contributed by atoms with E-state index in [1.54, 1.807) is 23.2 Å². The molecular weight excluding hydrogens is 508 g/mol. The van der Waals surface area contributed by atoms with Gasteiger partial charge in [0.15, 0.2) is 0 Å². The predicted molar refractivity (Wildman–Crippen MR) is 155 cm³/mol. The number of carbonyl (C=O) groups excluding carboxylic acids is 2. The van der Waals surface area contributed by atoms with E-state index < -0.39 is 5.60 Å². The van der Waals surface area contributed by atoms with E-state index in [4.69, 9.17) is 14.2 Å². The van der Waals surface area contributed by atoms with Crippen LogP contribution in [0.2, 0.25) is 0 Å². The molecule has 1 aliphatic heterocycles. The Morgan fingerprint density at radius 2 is 1.68 bits per heavy atom. The van der Waals surface area contributed by atoms with E-state index in [1.807, 2.05) is 76.6 Å². The molecule has 0 atom stereocenters. The molecule has 4 rings (SSSR count). The summed E-state index contributed by atoms with van der Waals surface area (Å²) in [5, 5.41) is 7.69. The van der Waals surface area contributed by atoms with Gasteiger partial charge >= 0.3 is 6.09 Å². The molecule has 3 aromatic rings. The van der Waals surface area contributed by atoms with Crippen molar-refractivity contribution in [3.05, 3.63) is 65.5 Å². The summed E-state index contributed by atoms with van der Waals surface area (Å²) in [4.78, 5) is 28.2. The number of hydrogen-bond donors (Lipinski definition) is 1. The Labute approximate surface area is 236 Å². The van der Waals surface area contributed by atoms with Gasteiger partial charge in [0, 0.05) is 25.1 Å². The zero-order valence-electron chi connectivity index (χ0n) is 24.3. The fraction of sp³-hybridized carbons (Fsp3) is 0.452. The number of ether oxygens (including phenoxy) is 3. The van der Waals surface area contributed by atoms with Gasteiger partial charge in [-0.05, 0) is 78.6 Å². The van der Waals surface area contributed by atoms with E-state index in [-0.39, 0.29) is 17.9 Å². The maximum atomic E-state index is 13.8. The summed E-state index contributed by atoms with van der Waals surface area (Å²) < 4.78 is 18.8. The zero-order valence-corrected chi connectivity index (χ0v) is 24.3. The van der Waals surface area contributed by atoms with Crippen LogP contribution in [0.15, 0.2) is 48.7 Å². The number of carbonyl (C=O) groups is 2. The van der Waals surface area contributed by atoms with Crippen LogP contribution in [-0.4, -0.2) is 58.6 Å². The van der Waals surface area contributed by atoms with E-state index in [1.165, 1.54) is 0 Å². The number of rotatable bonds is 8. The summed E-state index contributed by atoms with van der Waals surface area (Å²) >= 11 is 0. The van der Waals surface area contributed by atoms with Crippen molar-refractivity contribution in [2.24, 2.45) is 0 Å². The van der Waals surface area contributed by atoms with Crippen LogP contribution in [0, 0.1) is 6.92 Å². The summed E-state index contributed by atoms with van der Waals surface area (Å²) in [7, 11) is 0. The molecule has 40 heavy (non-hydrogen) atoms. The second kappa shape index (κ2) is 12.4. The van der Waals surface area contributed by atoms with Gasteiger partial charge in [-0.15, -0.1) is 0 Å². The first-order valence-corrected chi connectivity index (χ1v) is 13.9. The normalized spacial score (nSPS) is 14.1. The van der Waals surface area contributed by atoms with Crippen molar-refractivity contribution < 1.29 is 23.8 Å². The Hall–Kier alpha value is -4.01. The Bertz CT molecular complexity index is 1320. The van der Waals surface area contributed by atoms with Gasteiger partial charge < -0.3 is 24.4 Å². The average Bonchev–Trinajstić information content (AvgIpc) is 3.35. The topological polar surface area (TPSA) is 94.9 Å². The van der Waals surface area contributed by atoms with Gasteiger partial charge in [-0.25, -0.2) is 9.48 Å². The van der Waals surface area contributed by atoms with Crippen LogP contribution in [0.4, 0.5) is 10.5 Å². The van der Waals surface area contributed by atoms with Gasteiger partial charge in [-0.2, -0.15) is 5.10 Å². The maximum absolute atomic E-state index is 13.8. The molecule has 9 nitrogen and oxygen atoms in total. The van der Waals surface area contributed by atoms with Crippen molar-refractivity contribution in [1.29, 1.82) is 0 Å². The lowest BCUT2D eigenvalue weighted by Crippen LogP contribution is -2.41. The van der Waals surface area contributed by atoms with Crippen molar-refractivity contribution in [3.8, 4) is 17.2 Å². The minimum atomic E-state index is -0.553. The number of anilines is 1. The molecule has 1 fully saturated rings. The highest BCUT2D eigenvalue weighted by molar-refractivity contribution is 6.06. The number of nitrogens with zero attached hydrogens (tertiary/aromatic N) is 3. The largest absolute Gasteiger partial charge is 0.494 e. The summed E-state index contributed by atoms with van der Waals surface area (Å²) in [6.45, 7) is 13.5. The molecule has 1 aromatic heterocycles. The molecule has 0 saturated carbocycles. The molecule has 9 heteroatoms. The second-order valence-electron chi connectivity index (χ2n) is 10.9. The second-order valence-corrected chi connectivity index (χ2v) is 10.9. The molecule has 2 aromatic carbocycles. The molecule has 2 heterocycles. The lowest BCUT2D eigenvalue weighted by molar-refractivity contribution is 0.0203. The van der Waals surface area contributed by atoms with Gasteiger partial charge in [0.1, 0.15) is 17.1 Å². The average molecular weight is 549 g/mol. The van der Waals surface area contributed by atoms with E-state index in [2.05, 4.69) is 10.4 Å². The van der Waals surface area contributed by atoms with Crippen molar-refractivity contribution in [2.75, 3.05) is 31.6 Å². The number of nitrogens with one attached hydrogen (secondary N) is 1. The van der Waals surface area contributed by atoms with Crippen molar-refractivity contribution in [1.82, 2.24) is 14.7 Å². The van der Waals surface area contributed by atoms with Crippen LogP contribution in [-0.2, 0) is 4.74 Å². The number of amides is 2. The van der Waals surface area contributed by atoms with Gasteiger partial charge in [0.05, 0.1) is 42.0 Å². The number of aryl methyl sites for hydroxylation is 1. The third-order valence-electron chi connectivity index (χ3n) is 6.67. The first kappa shape index (κ1) is 29.0. The number of piperidine rings is 1. The lowest BCUT2D eigenvalue weighted by Gasteiger charge is -2.34. The molecule has 1 saturated heterocycles. The Morgan fingerprint density at radius 3 is 2.30 bits per heavy atom. The molecule has 0 bridgehead atoms. The van der Waals surface area contributed by atoms with Crippen molar-refractivity contribution >= 4 is 17.7 Å². The zero-order chi connectivity index (χ0) is 28.9. The molecule has 2 amide bonds. The molecule has 0 aliphatic carbocycles. The van der Waals surface area contributed by atoms with Crippen LogP contribution >= 0.6 is 0 Å². The van der Waals surface area contributed by atoms with Crippen LogP contribution in [0.25, 0.3) is 5.69 Å². The minimum Gasteiger partial charge on any atom is -0.494 e. The van der Waals surface area contributed by atoms with Gasteiger partial charge in [-0.3, -0.25) is 4.79 Å². The quantitative estimate of drug-likeness (QED) is 0.353. The Kier molecular flexibility index (Phi) is 9.02. The first-order valence-electron chi connectivity index (χ1n) is 13.9. The smallest absolute Gasteiger partial charge is 0.410 e. The minimum absolute atomic E-state index is 0.0179. The van der Waals surface area contributed by atoms with Crippen LogP contribution in [0.1, 0.15) is 75.0 Å². The molecule has 0 radical (unpaired) electrons. The molecule has 1 N–H and O–H groups in total. The van der Waals surface area contributed by atoms with Gasteiger partial charge in [-0.1, -0.05) is 17.7 Å². The maximum Gasteiger partial charge on any atom is 0.410 e. The standard InChI is InChI=1S/C31H40N4O5/c1-7-38-24-13-14-27(39-8-2)26(19-24)33-29(36)25-20-32-35(23-11-9-21(3)10-12-23)28(25)22-15-17-34(18-16-22)30(37)40-31(4,5)6/h9-14,19-20,22H,7-8,15-18H2,1-6H3,(H,33,36). The Balaban J connectivity index is 1.64. The number of benzene rings is 2. The fourth-order valence-electron chi connectivity index (χ4n) is 4.81. The highest BCUT2D eigenvalue weighted by atomic mass is 16.6. The van der Waals surface area contributed by atoms with Gasteiger partial charge in [0.2, 0.25) is 0 Å². The number of likely N-dealkylation sites (tertiary alicyclic amines) is 1. The SMILES string of the molecule is CCOc1ccc(OCC)c(NC(=O)c2cnn(-c3ccc(C)cc3)c2C2CCN(C(=O)OC(C)(C)C)CC2)c1. The third kappa shape index (κ3) is 6.94. The summed E-state index contributed by atoms with van der Waals surface area (Å²) in [6.07, 6.45) is 2.67. The lowest BCUT2D eigenvalue weighted by atomic mass is 9.90. The highest BCUT2D eigenvalue weighted by Gasteiger charge is 2.32. The molecule has 1 aliphatic rings. The molecule has 0 unspecified atom stereocenters. The fourth-order valence-corrected chi connectivity index (χ4v) is 4.81. The van der Waals surface area contributed by atoms with E-state index in [0.29, 0.717) is 61.9 Å². The number of hydrogen-bond acceptors (Lipinski definition) is 6. The monoisotopic (exact) mass is 548 g/mol. The summed E-state index contributed by atoms with van der Waals surface area (Å²) in [5.74, 6) is 0.950. The molecule has 214 valence electrons. The first-order chi connectivity index (χ1) is 19.1. The van der Waals surface area contributed by atoms with E-state index in [9.17, 15) is 9.59 Å².